The lowest BCUT2D eigenvalue weighted by atomic mass is 10.1. The molecular formula is C13H17Cl2NOS. The van der Waals surface area contributed by atoms with E-state index in [2.05, 4.69) is 11.6 Å². The van der Waals surface area contributed by atoms with Crippen LogP contribution in [-0.2, 0) is 6.54 Å². The van der Waals surface area contributed by atoms with Crippen LogP contribution in [-0.4, -0.2) is 22.7 Å². The van der Waals surface area contributed by atoms with Crippen molar-refractivity contribution in [1.29, 1.82) is 0 Å². The molecule has 0 saturated heterocycles. The van der Waals surface area contributed by atoms with Gasteiger partial charge in [0, 0.05) is 28.4 Å². The van der Waals surface area contributed by atoms with E-state index in [1.54, 1.807) is 12.1 Å². The molecule has 1 aliphatic carbocycles. The van der Waals surface area contributed by atoms with Crippen molar-refractivity contribution in [3.63, 3.8) is 0 Å². The quantitative estimate of drug-likeness (QED) is 0.879. The summed E-state index contributed by atoms with van der Waals surface area (Å²) >= 11 is 13.8. The highest BCUT2D eigenvalue weighted by Gasteiger charge is 2.26. The van der Waals surface area contributed by atoms with Gasteiger partial charge in [-0.2, -0.15) is 11.8 Å². The molecule has 0 heterocycles. The zero-order valence-electron chi connectivity index (χ0n) is 10.2. The fraction of sp³-hybridized carbons (Fsp3) is 0.538. The Hall–Kier alpha value is -0.0900. The van der Waals surface area contributed by atoms with E-state index < -0.39 is 0 Å². The average molecular weight is 306 g/mol. The van der Waals surface area contributed by atoms with Crippen LogP contribution in [0.25, 0.3) is 0 Å². The standard InChI is InChI=1S/C13H17Cl2NOS/c1-18-12-4-2-3-11(12)16-7-8-5-9(14)6-10(15)13(8)17/h5-6,11-12,16-17H,2-4,7H2,1H3. The fourth-order valence-corrected chi connectivity index (χ4v) is 3.94. The minimum atomic E-state index is 0.132. The Kier molecular flexibility index (Phi) is 5.07. The van der Waals surface area contributed by atoms with Crippen molar-refractivity contribution in [3.05, 3.63) is 27.7 Å². The molecule has 0 radical (unpaired) electrons. The number of hydrogen-bond donors (Lipinski definition) is 2. The van der Waals surface area contributed by atoms with Gasteiger partial charge >= 0.3 is 0 Å². The summed E-state index contributed by atoms with van der Waals surface area (Å²) in [4.78, 5) is 0. The van der Waals surface area contributed by atoms with Gasteiger partial charge < -0.3 is 10.4 Å². The monoisotopic (exact) mass is 305 g/mol. The summed E-state index contributed by atoms with van der Waals surface area (Å²) < 4.78 is 0. The molecule has 0 spiro atoms. The zero-order chi connectivity index (χ0) is 13.1. The van der Waals surface area contributed by atoms with Crippen molar-refractivity contribution < 1.29 is 5.11 Å². The fourth-order valence-electron chi connectivity index (χ4n) is 2.44. The van der Waals surface area contributed by atoms with E-state index in [-0.39, 0.29) is 5.75 Å². The van der Waals surface area contributed by atoms with Crippen molar-refractivity contribution in [3.8, 4) is 5.75 Å². The van der Waals surface area contributed by atoms with Gasteiger partial charge in [-0.15, -0.1) is 0 Å². The first-order valence-corrected chi connectivity index (χ1v) is 8.09. The smallest absolute Gasteiger partial charge is 0.138 e. The lowest BCUT2D eigenvalue weighted by molar-refractivity contribution is 0.457. The molecule has 0 aromatic heterocycles. The van der Waals surface area contributed by atoms with Crippen molar-refractivity contribution >= 4 is 35.0 Å². The third-order valence-electron chi connectivity index (χ3n) is 3.42. The third-order valence-corrected chi connectivity index (χ3v) is 5.09. The molecular weight excluding hydrogens is 289 g/mol. The van der Waals surface area contributed by atoms with Crippen molar-refractivity contribution in [2.45, 2.75) is 37.1 Å². The van der Waals surface area contributed by atoms with Gasteiger partial charge in [0.1, 0.15) is 5.75 Å². The summed E-state index contributed by atoms with van der Waals surface area (Å²) in [5.41, 5.74) is 0.763. The maximum Gasteiger partial charge on any atom is 0.138 e. The Bertz CT molecular complexity index is 428. The summed E-state index contributed by atoms with van der Waals surface area (Å²) in [5, 5.41) is 14.9. The molecule has 2 atom stereocenters. The number of halogens is 2. The normalized spacial score (nSPS) is 23.5. The van der Waals surface area contributed by atoms with Crippen molar-refractivity contribution in [2.24, 2.45) is 0 Å². The molecule has 0 amide bonds. The predicted molar refractivity (Wildman–Crippen MR) is 79.9 cm³/mol. The Morgan fingerprint density at radius 2 is 2.17 bits per heavy atom. The first-order chi connectivity index (χ1) is 8.61. The molecule has 1 aromatic carbocycles. The van der Waals surface area contributed by atoms with Gasteiger partial charge in [0.05, 0.1) is 5.02 Å². The third kappa shape index (κ3) is 3.27. The largest absolute Gasteiger partial charge is 0.506 e. The van der Waals surface area contributed by atoms with E-state index in [1.807, 2.05) is 11.8 Å². The Morgan fingerprint density at radius 1 is 1.39 bits per heavy atom. The molecule has 1 saturated carbocycles. The summed E-state index contributed by atoms with van der Waals surface area (Å²) in [6.45, 7) is 0.605. The Labute approximate surface area is 122 Å². The number of nitrogens with one attached hydrogen (secondary N) is 1. The van der Waals surface area contributed by atoms with E-state index in [0.29, 0.717) is 27.9 Å². The number of thioether (sulfide) groups is 1. The second-order valence-electron chi connectivity index (χ2n) is 4.59. The van der Waals surface area contributed by atoms with Crippen LogP contribution in [0.1, 0.15) is 24.8 Å². The molecule has 0 aliphatic heterocycles. The second kappa shape index (κ2) is 6.38. The van der Waals surface area contributed by atoms with Gasteiger partial charge in [0.2, 0.25) is 0 Å². The molecule has 0 bridgehead atoms. The maximum atomic E-state index is 9.88. The van der Waals surface area contributed by atoms with E-state index in [0.717, 1.165) is 5.56 Å². The van der Waals surface area contributed by atoms with Crippen LogP contribution in [0, 0.1) is 0 Å². The van der Waals surface area contributed by atoms with Gasteiger partial charge in [-0.25, -0.2) is 0 Å². The highest BCUT2D eigenvalue weighted by Crippen LogP contribution is 2.32. The summed E-state index contributed by atoms with van der Waals surface area (Å²) in [5.74, 6) is 0.132. The molecule has 2 unspecified atom stereocenters. The Morgan fingerprint density at radius 3 is 2.89 bits per heavy atom. The van der Waals surface area contributed by atoms with E-state index in [4.69, 9.17) is 23.2 Å². The topological polar surface area (TPSA) is 32.3 Å². The van der Waals surface area contributed by atoms with Crippen molar-refractivity contribution in [2.75, 3.05) is 6.26 Å². The lowest BCUT2D eigenvalue weighted by Gasteiger charge is -2.19. The summed E-state index contributed by atoms with van der Waals surface area (Å²) in [7, 11) is 0. The van der Waals surface area contributed by atoms with Gasteiger partial charge in [0.25, 0.3) is 0 Å². The minimum Gasteiger partial charge on any atom is -0.506 e. The van der Waals surface area contributed by atoms with E-state index >= 15 is 0 Å². The number of hydrogen-bond acceptors (Lipinski definition) is 3. The summed E-state index contributed by atoms with van der Waals surface area (Å²) in [6, 6.07) is 3.83. The lowest BCUT2D eigenvalue weighted by Crippen LogP contribution is -2.33. The minimum absolute atomic E-state index is 0.132. The van der Waals surface area contributed by atoms with Gasteiger partial charge in [-0.3, -0.25) is 0 Å². The molecule has 1 aromatic rings. The average Bonchev–Trinajstić information content (AvgIpc) is 2.79. The maximum absolute atomic E-state index is 9.88. The first kappa shape index (κ1) is 14.3. The van der Waals surface area contributed by atoms with Crippen LogP contribution in [0.15, 0.2) is 12.1 Å². The molecule has 2 N–H and O–H groups in total. The number of phenols is 1. The number of aromatic hydroxyl groups is 1. The van der Waals surface area contributed by atoms with Crippen molar-refractivity contribution in [1.82, 2.24) is 5.32 Å². The van der Waals surface area contributed by atoms with Gasteiger partial charge in [0.15, 0.2) is 0 Å². The highest BCUT2D eigenvalue weighted by molar-refractivity contribution is 7.99. The molecule has 18 heavy (non-hydrogen) atoms. The van der Waals surface area contributed by atoms with Crippen LogP contribution in [0.3, 0.4) is 0 Å². The van der Waals surface area contributed by atoms with E-state index in [1.165, 1.54) is 19.3 Å². The molecule has 5 heteroatoms. The molecule has 1 fully saturated rings. The molecule has 100 valence electrons. The van der Waals surface area contributed by atoms with Crippen LogP contribution in [0.4, 0.5) is 0 Å². The molecule has 2 nitrogen and oxygen atoms in total. The summed E-state index contributed by atoms with van der Waals surface area (Å²) in [6.07, 6.45) is 5.88. The van der Waals surface area contributed by atoms with Gasteiger partial charge in [-0.05, 0) is 31.2 Å². The van der Waals surface area contributed by atoms with E-state index in [9.17, 15) is 5.11 Å². The molecule has 2 rings (SSSR count). The van der Waals surface area contributed by atoms with Crippen LogP contribution in [0.5, 0.6) is 5.75 Å². The van der Waals surface area contributed by atoms with Gasteiger partial charge in [-0.1, -0.05) is 29.6 Å². The highest BCUT2D eigenvalue weighted by atomic mass is 35.5. The van der Waals surface area contributed by atoms with Crippen LogP contribution >= 0.6 is 35.0 Å². The molecule has 1 aliphatic rings. The van der Waals surface area contributed by atoms with Crippen LogP contribution in [0.2, 0.25) is 10.0 Å². The number of benzene rings is 1. The first-order valence-electron chi connectivity index (χ1n) is 6.05. The second-order valence-corrected chi connectivity index (χ2v) is 6.51. The predicted octanol–water partition coefficient (Wildman–Crippen LogP) is 4.07. The SMILES string of the molecule is CSC1CCCC1NCc1cc(Cl)cc(Cl)c1O. The Balaban J connectivity index is 2.02. The zero-order valence-corrected chi connectivity index (χ0v) is 12.6. The number of rotatable bonds is 4. The number of phenolic OH excluding ortho intramolecular Hbond substituents is 1. The van der Waals surface area contributed by atoms with Crippen LogP contribution < -0.4 is 5.32 Å².